The molecular weight excluding hydrogens is 310 g/mol. The Kier molecular flexibility index (Phi) is 7.45. The summed E-state index contributed by atoms with van der Waals surface area (Å²) < 4.78 is 0. The average Bonchev–Trinajstić information content (AvgIpc) is 2.60. The van der Waals surface area contributed by atoms with E-state index in [2.05, 4.69) is 49.1 Å². The van der Waals surface area contributed by atoms with Gasteiger partial charge >= 0.3 is 0 Å². The van der Waals surface area contributed by atoms with Crippen LogP contribution in [-0.2, 0) is 11.3 Å². The fourth-order valence-electron chi connectivity index (χ4n) is 3.52. The Morgan fingerprint density at radius 1 is 1.24 bits per heavy atom. The van der Waals surface area contributed by atoms with E-state index in [4.69, 9.17) is 5.73 Å². The molecule has 140 valence electrons. The number of carbonyl (C=O) groups is 1. The molecule has 4 heteroatoms. The van der Waals surface area contributed by atoms with Crippen LogP contribution in [0.4, 0.5) is 0 Å². The number of hydrogen-bond acceptors (Lipinski definition) is 3. The number of likely N-dealkylation sites (tertiary alicyclic amines) is 1. The van der Waals surface area contributed by atoms with E-state index in [1.165, 1.54) is 12.0 Å². The Bertz CT molecular complexity index is 529. The van der Waals surface area contributed by atoms with Gasteiger partial charge in [0, 0.05) is 32.2 Å². The number of rotatable bonds is 7. The Morgan fingerprint density at radius 3 is 2.52 bits per heavy atom. The zero-order valence-corrected chi connectivity index (χ0v) is 16.3. The lowest BCUT2D eigenvalue weighted by molar-refractivity contribution is -0.135. The molecule has 1 heterocycles. The minimum Gasteiger partial charge on any atom is -0.341 e. The molecule has 25 heavy (non-hydrogen) atoms. The Morgan fingerprint density at radius 2 is 1.92 bits per heavy atom. The third-order valence-corrected chi connectivity index (χ3v) is 5.29. The molecule has 1 aliphatic heterocycles. The number of carbonyl (C=O) groups excluding carboxylic acids is 1. The second-order valence-electron chi connectivity index (χ2n) is 8.07. The van der Waals surface area contributed by atoms with Gasteiger partial charge < -0.3 is 10.6 Å². The Hall–Kier alpha value is -1.39. The number of benzene rings is 1. The van der Waals surface area contributed by atoms with Crippen molar-refractivity contribution >= 4 is 5.91 Å². The summed E-state index contributed by atoms with van der Waals surface area (Å²) in [5.41, 5.74) is 7.44. The number of amides is 1. The highest BCUT2D eigenvalue weighted by Crippen LogP contribution is 2.21. The van der Waals surface area contributed by atoms with Gasteiger partial charge in [-0.1, -0.05) is 44.2 Å². The van der Waals surface area contributed by atoms with E-state index in [9.17, 15) is 4.79 Å². The van der Waals surface area contributed by atoms with Gasteiger partial charge in [-0.05, 0) is 44.1 Å². The maximum Gasteiger partial charge on any atom is 0.239 e. The molecule has 4 nitrogen and oxygen atoms in total. The zero-order valence-electron chi connectivity index (χ0n) is 16.3. The van der Waals surface area contributed by atoms with Gasteiger partial charge in [-0.3, -0.25) is 9.69 Å². The lowest BCUT2D eigenvalue weighted by Crippen LogP contribution is -2.51. The smallest absolute Gasteiger partial charge is 0.239 e. The predicted octanol–water partition coefficient (Wildman–Crippen LogP) is 3.12. The maximum atomic E-state index is 12.6. The van der Waals surface area contributed by atoms with E-state index in [0.29, 0.717) is 12.0 Å². The predicted molar refractivity (Wildman–Crippen MR) is 104 cm³/mol. The van der Waals surface area contributed by atoms with Gasteiger partial charge in [0.1, 0.15) is 0 Å². The molecule has 1 saturated heterocycles. The number of nitrogens with two attached hydrogens (primary N) is 1. The van der Waals surface area contributed by atoms with Crippen molar-refractivity contribution < 1.29 is 4.79 Å². The first-order valence-electron chi connectivity index (χ1n) is 9.70. The molecule has 1 aliphatic rings. The highest BCUT2D eigenvalue weighted by molar-refractivity contribution is 5.82. The molecule has 1 aromatic carbocycles. The fourth-order valence-corrected chi connectivity index (χ4v) is 3.52. The molecule has 2 unspecified atom stereocenters. The minimum atomic E-state index is -0.371. The van der Waals surface area contributed by atoms with Gasteiger partial charge in [0.2, 0.25) is 5.91 Å². The van der Waals surface area contributed by atoms with Gasteiger partial charge in [0.15, 0.2) is 0 Å². The van der Waals surface area contributed by atoms with Crippen LogP contribution in [0.25, 0.3) is 0 Å². The molecule has 1 fully saturated rings. The summed E-state index contributed by atoms with van der Waals surface area (Å²) in [7, 11) is 0. The van der Waals surface area contributed by atoms with E-state index in [1.54, 1.807) is 0 Å². The van der Waals surface area contributed by atoms with Crippen molar-refractivity contribution in [2.75, 3.05) is 19.6 Å². The molecule has 1 aromatic rings. The van der Waals surface area contributed by atoms with Crippen LogP contribution in [0.5, 0.6) is 0 Å². The third kappa shape index (κ3) is 5.82. The van der Waals surface area contributed by atoms with E-state index >= 15 is 0 Å². The second kappa shape index (κ2) is 9.35. The van der Waals surface area contributed by atoms with Crippen molar-refractivity contribution in [3.05, 3.63) is 35.9 Å². The topological polar surface area (TPSA) is 49.6 Å². The molecular formula is C21H35N3O. The second-order valence-corrected chi connectivity index (χ2v) is 8.07. The van der Waals surface area contributed by atoms with E-state index in [1.807, 2.05) is 18.7 Å². The molecule has 0 bridgehead atoms. The molecule has 0 radical (unpaired) electrons. The summed E-state index contributed by atoms with van der Waals surface area (Å²) in [4.78, 5) is 17.1. The van der Waals surface area contributed by atoms with Crippen LogP contribution in [-0.4, -0.2) is 47.4 Å². The number of hydrogen-bond donors (Lipinski definition) is 1. The minimum absolute atomic E-state index is 0.124. The number of nitrogens with zero attached hydrogens (tertiary/aromatic N) is 2. The highest BCUT2D eigenvalue weighted by atomic mass is 16.2. The van der Waals surface area contributed by atoms with Gasteiger partial charge in [-0.25, -0.2) is 0 Å². The lowest BCUT2D eigenvalue weighted by atomic mass is 9.95. The van der Waals surface area contributed by atoms with Crippen LogP contribution in [0.3, 0.4) is 0 Å². The summed E-state index contributed by atoms with van der Waals surface area (Å²) in [6.45, 7) is 12.2. The molecule has 2 N–H and O–H groups in total. The van der Waals surface area contributed by atoms with Crippen molar-refractivity contribution in [2.24, 2.45) is 17.6 Å². The largest absolute Gasteiger partial charge is 0.341 e. The van der Waals surface area contributed by atoms with Crippen molar-refractivity contribution in [3.63, 3.8) is 0 Å². The monoisotopic (exact) mass is 345 g/mol. The van der Waals surface area contributed by atoms with Crippen LogP contribution in [0.1, 0.15) is 46.1 Å². The Labute approximate surface area is 153 Å². The molecule has 0 aromatic heterocycles. The zero-order chi connectivity index (χ0) is 18.4. The summed E-state index contributed by atoms with van der Waals surface area (Å²) in [6, 6.07) is 10.8. The quantitative estimate of drug-likeness (QED) is 0.826. The van der Waals surface area contributed by atoms with Crippen LogP contribution < -0.4 is 5.73 Å². The summed E-state index contributed by atoms with van der Waals surface area (Å²) in [5, 5.41) is 0. The third-order valence-electron chi connectivity index (χ3n) is 5.29. The first-order chi connectivity index (χ1) is 11.9. The first-order valence-corrected chi connectivity index (χ1v) is 9.70. The van der Waals surface area contributed by atoms with E-state index in [-0.39, 0.29) is 17.9 Å². The molecule has 2 rings (SSSR count). The van der Waals surface area contributed by atoms with Crippen molar-refractivity contribution in [3.8, 4) is 0 Å². The van der Waals surface area contributed by atoms with Crippen LogP contribution >= 0.6 is 0 Å². The number of piperidine rings is 1. The van der Waals surface area contributed by atoms with Gasteiger partial charge in [0.25, 0.3) is 0 Å². The van der Waals surface area contributed by atoms with Gasteiger partial charge in [0.05, 0.1) is 6.04 Å². The van der Waals surface area contributed by atoms with Crippen molar-refractivity contribution in [2.45, 2.75) is 59.2 Å². The molecule has 0 spiro atoms. The average molecular weight is 346 g/mol. The molecule has 0 saturated carbocycles. The Balaban J connectivity index is 1.96. The summed E-state index contributed by atoms with van der Waals surface area (Å²) >= 11 is 0. The molecule has 0 aliphatic carbocycles. The van der Waals surface area contributed by atoms with Gasteiger partial charge in [-0.15, -0.1) is 0 Å². The van der Waals surface area contributed by atoms with Crippen LogP contribution in [0.15, 0.2) is 30.3 Å². The summed E-state index contributed by atoms with van der Waals surface area (Å²) in [6.07, 6.45) is 2.28. The van der Waals surface area contributed by atoms with E-state index in [0.717, 1.165) is 32.6 Å². The molecule has 1 amide bonds. The SMILES string of the molecule is CC(C)C(N)C(=O)N1CCCC(CN(Cc2ccccc2)C(C)C)C1. The fraction of sp³-hybridized carbons (Fsp3) is 0.667. The highest BCUT2D eigenvalue weighted by Gasteiger charge is 2.29. The van der Waals surface area contributed by atoms with Gasteiger partial charge in [-0.2, -0.15) is 0 Å². The lowest BCUT2D eigenvalue weighted by Gasteiger charge is -2.38. The van der Waals surface area contributed by atoms with Crippen LogP contribution in [0.2, 0.25) is 0 Å². The maximum absolute atomic E-state index is 12.6. The standard InChI is InChI=1S/C21H35N3O/c1-16(2)20(22)21(25)23-12-8-11-19(14-23)15-24(17(3)4)13-18-9-6-5-7-10-18/h5-7,9-10,16-17,19-20H,8,11-15,22H2,1-4H3. The van der Waals surface area contributed by atoms with E-state index < -0.39 is 0 Å². The van der Waals surface area contributed by atoms with Crippen LogP contribution in [0, 0.1) is 11.8 Å². The molecule has 2 atom stereocenters. The first kappa shape index (κ1) is 19.9. The summed E-state index contributed by atoms with van der Waals surface area (Å²) in [5.74, 6) is 0.847. The van der Waals surface area contributed by atoms with Crippen molar-refractivity contribution in [1.29, 1.82) is 0 Å². The van der Waals surface area contributed by atoms with Crippen molar-refractivity contribution in [1.82, 2.24) is 9.80 Å². The normalized spacial score (nSPS) is 19.7.